The van der Waals surface area contributed by atoms with Crippen LogP contribution in [0.4, 0.5) is 0 Å². The van der Waals surface area contributed by atoms with Crippen LogP contribution < -0.4 is 0 Å². The van der Waals surface area contributed by atoms with E-state index < -0.39 is 30.0 Å². The molecular weight excluding hydrogens is 314 g/mol. The van der Waals surface area contributed by atoms with Crippen LogP contribution >= 0.6 is 0 Å². The second-order valence-electron chi connectivity index (χ2n) is 5.91. The van der Waals surface area contributed by atoms with Crippen LogP contribution in [0.15, 0.2) is 30.3 Å². The van der Waals surface area contributed by atoms with Gasteiger partial charge >= 0.3 is 11.9 Å². The highest BCUT2D eigenvalue weighted by molar-refractivity contribution is 6.36. The van der Waals surface area contributed by atoms with E-state index in [4.69, 9.17) is 14.2 Å². The number of ether oxygens (including phenoxy) is 3. The second kappa shape index (κ2) is 6.70. The fourth-order valence-electron chi connectivity index (χ4n) is 3.20. The molecule has 2 fully saturated rings. The summed E-state index contributed by atoms with van der Waals surface area (Å²) in [6, 6.07) is 8.64. The Balaban J connectivity index is 1.62. The normalized spacial score (nSPS) is 28.8. The van der Waals surface area contributed by atoms with Gasteiger partial charge in [0.25, 0.3) is 0 Å². The van der Waals surface area contributed by atoms with Crippen LogP contribution in [-0.4, -0.2) is 48.2 Å². The van der Waals surface area contributed by atoms with Crippen molar-refractivity contribution in [1.29, 1.82) is 0 Å². The number of fused-ring (bicyclic) bond motifs is 1. The quantitative estimate of drug-likeness (QED) is 0.464. The van der Waals surface area contributed by atoms with E-state index >= 15 is 0 Å². The lowest BCUT2D eigenvalue weighted by Crippen LogP contribution is -2.70. The number of amides is 2. The topological polar surface area (TPSA) is 82.1 Å². The molecule has 7 heteroatoms. The minimum atomic E-state index is -1.03. The lowest BCUT2D eigenvalue weighted by molar-refractivity contribution is -0.235. The Kier molecular flexibility index (Phi) is 4.64. The first-order valence-electron chi connectivity index (χ1n) is 7.79. The Bertz CT molecular complexity index is 646. The van der Waals surface area contributed by atoms with Gasteiger partial charge < -0.3 is 14.2 Å². The zero-order chi connectivity index (χ0) is 17.3. The number of hydrogen-bond acceptors (Lipinski definition) is 6. The standard InChI is InChI=1S/C17H19NO6/c1-10-14-12(8-13(22-2)24-10)18(15(14)19)16(20)17(21)23-9-11-6-4-3-5-7-11/h3-7,10,12-14H,8-9H2,1-2H3/t10-,12-,13+,14+/m0/s1. The van der Waals surface area contributed by atoms with Crippen molar-refractivity contribution in [2.75, 3.05) is 7.11 Å². The lowest BCUT2D eigenvalue weighted by atomic mass is 9.79. The zero-order valence-electron chi connectivity index (χ0n) is 13.5. The number of carbonyl (C=O) groups is 3. The molecule has 0 spiro atoms. The summed E-state index contributed by atoms with van der Waals surface area (Å²) in [5.41, 5.74) is 0.769. The summed E-state index contributed by atoms with van der Waals surface area (Å²) in [5, 5.41) is 0. The van der Waals surface area contributed by atoms with E-state index in [0.29, 0.717) is 6.42 Å². The molecular formula is C17H19NO6. The van der Waals surface area contributed by atoms with E-state index in [1.807, 2.05) is 18.2 Å². The summed E-state index contributed by atoms with van der Waals surface area (Å²) < 4.78 is 15.7. The van der Waals surface area contributed by atoms with E-state index in [2.05, 4.69) is 0 Å². The number of esters is 1. The molecule has 7 nitrogen and oxygen atoms in total. The predicted molar refractivity (Wildman–Crippen MR) is 81.3 cm³/mol. The first-order chi connectivity index (χ1) is 11.5. The molecule has 128 valence electrons. The van der Waals surface area contributed by atoms with Crippen molar-refractivity contribution in [3.8, 4) is 0 Å². The van der Waals surface area contributed by atoms with Crippen molar-refractivity contribution >= 4 is 17.8 Å². The molecule has 2 aliphatic rings. The highest BCUT2D eigenvalue weighted by Gasteiger charge is 2.58. The fourth-order valence-corrected chi connectivity index (χ4v) is 3.20. The van der Waals surface area contributed by atoms with Gasteiger partial charge in [0.05, 0.1) is 18.1 Å². The number of methoxy groups -OCH3 is 1. The Morgan fingerprint density at radius 3 is 2.67 bits per heavy atom. The monoisotopic (exact) mass is 333 g/mol. The number of carbonyl (C=O) groups excluding carboxylic acids is 3. The van der Waals surface area contributed by atoms with Crippen molar-refractivity contribution in [2.24, 2.45) is 5.92 Å². The molecule has 24 heavy (non-hydrogen) atoms. The molecule has 2 saturated heterocycles. The van der Waals surface area contributed by atoms with Gasteiger partial charge in [-0.2, -0.15) is 0 Å². The number of β-lactam (4-membered cyclic amide) rings is 1. The van der Waals surface area contributed by atoms with Crippen LogP contribution in [0.5, 0.6) is 0 Å². The van der Waals surface area contributed by atoms with Gasteiger partial charge in [0, 0.05) is 13.5 Å². The van der Waals surface area contributed by atoms with E-state index in [1.54, 1.807) is 19.1 Å². The van der Waals surface area contributed by atoms with E-state index in [9.17, 15) is 14.4 Å². The van der Waals surface area contributed by atoms with Crippen molar-refractivity contribution in [2.45, 2.75) is 38.4 Å². The summed E-state index contributed by atoms with van der Waals surface area (Å²) in [7, 11) is 1.50. The van der Waals surface area contributed by atoms with Crippen LogP contribution in [0, 0.1) is 5.92 Å². The highest BCUT2D eigenvalue weighted by atomic mass is 16.7. The molecule has 0 aliphatic carbocycles. The number of hydrogen-bond donors (Lipinski definition) is 0. The largest absolute Gasteiger partial charge is 0.454 e. The molecule has 0 saturated carbocycles. The smallest absolute Gasteiger partial charge is 0.397 e. The zero-order valence-corrected chi connectivity index (χ0v) is 13.5. The van der Waals surface area contributed by atoms with Gasteiger partial charge in [-0.25, -0.2) is 4.79 Å². The third-order valence-corrected chi connectivity index (χ3v) is 4.44. The lowest BCUT2D eigenvalue weighted by Gasteiger charge is -2.51. The van der Waals surface area contributed by atoms with Crippen molar-refractivity contribution in [1.82, 2.24) is 4.90 Å². The Morgan fingerprint density at radius 2 is 2.00 bits per heavy atom. The van der Waals surface area contributed by atoms with Gasteiger partial charge in [-0.3, -0.25) is 14.5 Å². The molecule has 1 aromatic rings. The number of nitrogens with zero attached hydrogens (tertiary/aromatic N) is 1. The van der Waals surface area contributed by atoms with Gasteiger partial charge in [-0.1, -0.05) is 30.3 Å². The van der Waals surface area contributed by atoms with Crippen molar-refractivity contribution in [3.05, 3.63) is 35.9 Å². The minimum Gasteiger partial charge on any atom is -0.454 e. The van der Waals surface area contributed by atoms with Crippen LogP contribution in [0.2, 0.25) is 0 Å². The molecule has 0 aromatic heterocycles. The summed E-state index contributed by atoms with van der Waals surface area (Å²) in [6.45, 7) is 1.75. The molecule has 1 aromatic carbocycles. The van der Waals surface area contributed by atoms with Crippen LogP contribution in [0.3, 0.4) is 0 Å². The van der Waals surface area contributed by atoms with Crippen molar-refractivity contribution < 1.29 is 28.6 Å². The average Bonchev–Trinajstić information content (AvgIpc) is 2.59. The van der Waals surface area contributed by atoms with E-state index in [-0.39, 0.29) is 18.8 Å². The Labute approximate surface area is 139 Å². The molecule has 2 amide bonds. The molecule has 0 unspecified atom stereocenters. The average molecular weight is 333 g/mol. The summed E-state index contributed by atoms with van der Waals surface area (Å²) in [6.07, 6.45) is -0.495. The third kappa shape index (κ3) is 2.92. The van der Waals surface area contributed by atoms with Crippen molar-refractivity contribution in [3.63, 3.8) is 0 Å². The molecule has 2 aliphatic heterocycles. The third-order valence-electron chi connectivity index (χ3n) is 4.44. The molecule has 0 radical (unpaired) electrons. The molecule has 0 bridgehead atoms. The first kappa shape index (κ1) is 16.6. The Hall–Kier alpha value is -2.25. The maximum atomic E-state index is 12.3. The number of rotatable bonds is 3. The molecule has 0 N–H and O–H groups in total. The Morgan fingerprint density at radius 1 is 1.29 bits per heavy atom. The van der Waals surface area contributed by atoms with Gasteiger partial charge in [-0.05, 0) is 12.5 Å². The molecule has 3 rings (SSSR count). The second-order valence-corrected chi connectivity index (χ2v) is 5.91. The highest BCUT2D eigenvalue weighted by Crippen LogP contribution is 2.39. The predicted octanol–water partition coefficient (Wildman–Crippen LogP) is 0.865. The van der Waals surface area contributed by atoms with Crippen LogP contribution in [0.1, 0.15) is 18.9 Å². The number of benzene rings is 1. The summed E-state index contributed by atoms with van der Waals surface area (Å²) in [4.78, 5) is 37.4. The minimum absolute atomic E-state index is 0.0122. The van der Waals surface area contributed by atoms with Gasteiger partial charge in [0.2, 0.25) is 5.91 Å². The van der Waals surface area contributed by atoms with Crippen LogP contribution in [-0.2, 0) is 35.2 Å². The molecule has 4 atom stereocenters. The van der Waals surface area contributed by atoms with E-state index in [1.165, 1.54) is 7.11 Å². The maximum Gasteiger partial charge on any atom is 0.397 e. The maximum absolute atomic E-state index is 12.3. The number of imide groups is 1. The van der Waals surface area contributed by atoms with Crippen LogP contribution in [0.25, 0.3) is 0 Å². The summed E-state index contributed by atoms with van der Waals surface area (Å²) >= 11 is 0. The van der Waals surface area contributed by atoms with Gasteiger partial charge in [-0.15, -0.1) is 0 Å². The number of likely N-dealkylation sites (tertiary alicyclic amines) is 1. The fraction of sp³-hybridized carbons (Fsp3) is 0.471. The summed E-state index contributed by atoms with van der Waals surface area (Å²) in [5.74, 6) is -2.77. The first-order valence-corrected chi connectivity index (χ1v) is 7.79. The molecule has 2 heterocycles. The SMILES string of the molecule is CO[C@H]1C[C@H]2[C@H](C(=O)N2C(=O)C(=O)OCc2ccccc2)[C@H](C)O1. The van der Waals surface area contributed by atoms with Gasteiger partial charge in [0.1, 0.15) is 6.61 Å². The van der Waals surface area contributed by atoms with E-state index in [0.717, 1.165) is 10.5 Å². The van der Waals surface area contributed by atoms with Gasteiger partial charge in [0.15, 0.2) is 6.29 Å².